The first-order chi connectivity index (χ1) is 14.7. The van der Waals surface area contributed by atoms with Crippen molar-refractivity contribution in [3.63, 3.8) is 0 Å². The monoisotopic (exact) mass is 472 g/mol. The fourth-order valence-corrected chi connectivity index (χ4v) is 3.11. The SMILES string of the molecule is CSCCC(NC(=O)C(Cc1ccc(O)cc1)NC(=O)CNC(=O)C(N)CS)C(=O)O. The van der Waals surface area contributed by atoms with Gasteiger partial charge in [-0.25, -0.2) is 4.79 Å². The van der Waals surface area contributed by atoms with Gasteiger partial charge in [-0.3, -0.25) is 14.4 Å². The van der Waals surface area contributed by atoms with Crippen LogP contribution < -0.4 is 21.7 Å². The maximum atomic E-state index is 12.8. The number of aliphatic carboxylic acids is 1. The summed E-state index contributed by atoms with van der Waals surface area (Å²) < 4.78 is 0. The standard InChI is InChI=1S/C19H28N4O6S2/c1-31-7-6-14(19(28)29)23-18(27)15(8-11-2-4-12(24)5-3-11)22-16(25)9-21-17(26)13(20)10-30/h2-5,13-15,24,30H,6-10,20H2,1H3,(H,21,26)(H,22,25)(H,23,27)(H,28,29). The van der Waals surface area contributed by atoms with E-state index in [9.17, 15) is 29.4 Å². The lowest BCUT2D eigenvalue weighted by atomic mass is 10.0. The van der Waals surface area contributed by atoms with Gasteiger partial charge in [0.15, 0.2) is 0 Å². The van der Waals surface area contributed by atoms with Crippen LogP contribution >= 0.6 is 24.4 Å². The summed E-state index contributed by atoms with van der Waals surface area (Å²) >= 11 is 5.36. The Bertz CT molecular complexity index is 762. The molecule has 3 atom stereocenters. The molecule has 0 spiro atoms. The quantitative estimate of drug-likeness (QED) is 0.181. The molecule has 1 aromatic rings. The van der Waals surface area contributed by atoms with Crippen LogP contribution in [0.15, 0.2) is 24.3 Å². The molecule has 0 heterocycles. The Morgan fingerprint density at radius 2 is 1.74 bits per heavy atom. The van der Waals surface area contributed by atoms with E-state index in [1.165, 1.54) is 23.9 Å². The van der Waals surface area contributed by atoms with Gasteiger partial charge in [0.05, 0.1) is 12.6 Å². The van der Waals surface area contributed by atoms with E-state index in [2.05, 4.69) is 28.6 Å². The second-order valence-electron chi connectivity index (χ2n) is 6.68. The van der Waals surface area contributed by atoms with Crippen molar-refractivity contribution >= 4 is 48.1 Å². The van der Waals surface area contributed by atoms with E-state index < -0.39 is 48.4 Å². The summed E-state index contributed by atoms with van der Waals surface area (Å²) in [7, 11) is 0. The van der Waals surface area contributed by atoms with Crippen LogP contribution in [0.4, 0.5) is 0 Å². The van der Waals surface area contributed by atoms with Crippen LogP contribution in [0.1, 0.15) is 12.0 Å². The van der Waals surface area contributed by atoms with E-state index >= 15 is 0 Å². The summed E-state index contributed by atoms with van der Waals surface area (Å²) in [6, 6.07) is 2.96. The molecular weight excluding hydrogens is 444 g/mol. The number of nitrogens with one attached hydrogen (secondary N) is 3. The van der Waals surface area contributed by atoms with Crippen molar-refractivity contribution in [1.82, 2.24) is 16.0 Å². The molecule has 1 aromatic carbocycles. The van der Waals surface area contributed by atoms with Gasteiger partial charge in [-0.15, -0.1) is 0 Å². The summed E-state index contributed by atoms with van der Waals surface area (Å²) in [5.41, 5.74) is 6.16. The average molecular weight is 473 g/mol. The molecular formula is C19H28N4O6S2. The highest BCUT2D eigenvalue weighted by molar-refractivity contribution is 7.98. The third-order valence-electron chi connectivity index (χ3n) is 4.21. The Hall–Kier alpha value is -2.44. The van der Waals surface area contributed by atoms with Crippen molar-refractivity contribution in [2.75, 3.05) is 24.3 Å². The van der Waals surface area contributed by atoms with Gasteiger partial charge in [0.2, 0.25) is 17.7 Å². The highest BCUT2D eigenvalue weighted by atomic mass is 32.2. The van der Waals surface area contributed by atoms with Gasteiger partial charge in [0, 0.05) is 12.2 Å². The maximum absolute atomic E-state index is 12.8. The van der Waals surface area contributed by atoms with Crippen LogP contribution in [0, 0.1) is 0 Å². The minimum Gasteiger partial charge on any atom is -0.508 e. The fraction of sp³-hybridized carbons (Fsp3) is 0.474. The molecule has 0 radical (unpaired) electrons. The Kier molecular flexibility index (Phi) is 11.8. The minimum atomic E-state index is -1.18. The second kappa shape index (κ2) is 13.8. The van der Waals surface area contributed by atoms with Crippen molar-refractivity contribution in [3.05, 3.63) is 29.8 Å². The predicted octanol–water partition coefficient (Wildman–Crippen LogP) is -0.885. The number of carboxylic acid groups (broad SMARTS) is 1. The molecule has 7 N–H and O–H groups in total. The molecule has 0 aliphatic rings. The zero-order valence-corrected chi connectivity index (χ0v) is 18.7. The Balaban J connectivity index is 2.87. The second-order valence-corrected chi connectivity index (χ2v) is 8.03. The van der Waals surface area contributed by atoms with E-state index in [0.29, 0.717) is 11.3 Å². The van der Waals surface area contributed by atoms with Gasteiger partial charge in [-0.05, 0) is 36.1 Å². The first kappa shape index (κ1) is 26.6. The lowest BCUT2D eigenvalue weighted by Gasteiger charge is -2.22. The molecule has 12 heteroatoms. The number of carboxylic acids is 1. The number of nitrogens with two attached hydrogens (primary N) is 1. The summed E-state index contributed by atoms with van der Waals surface area (Å²) in [5, 5.41) is 26.1. The maximum Gasteiger partial charge on any atom is 0.326 e. The lowest BCUT2D eigenvalue weighted by molar-refractivity contribution is -0.142. The van der Waals surface area contributed by atoms with Crippen molar-refractivity contribution in [2.45, 2.75) is 31.0 Å². The van der Waals surface area contributed by atoms with Crippen molar-refractivity contribution in [3.8, 4) is 5.75 Å². The number of carbonyl (C=O) groups is 4. The number of rotatable bonds is 13. The lowest BCUT2D eigenvalue weighted by Crippen LogP contribution is -2.54. The van der Waals surface area contributed by atoms with E-state index in [1.807, 2.05) is 6.26 Å². The number of carbonyl (C=O) groups excluding carboxylic acids is 3. The Labute approximate surface area is 190 Å². The third-order valence-corrected chi connectivity index (χ3v) is 5.25. The van der Waals surface area contributed by atoms with Crippen LogP contribution in [0.5, 0.6) is 5.75 Å². The molecule has 0 saturated heterocycles. The van der Waals surface area contributed by atoms with Crippen molar-refractivity contribution in [2.24, 2.45) is 5.73 Å². The number of aromatic hydroxyl groups is 1. The molecule has 0 aromatic heterocycles. The summed E-state index contributed by atoms with van der Waals surface area (Å²) in [6.45, 7) is -0.408. The molecule has 0 fully saturated rings. The molecule has 172 valence electrons. The highest BCUT2D eigenvalue weighted by Gasteiger charge is 2.27. The number of benzene rings is 1. The average Bonchev–Trinajstić information content (AvgIpc) is 2.74. The zero-order valence-electron chi connectivity index (χ0n) is 17.0. The van der Waals surface area contributed by atoms with Gasteiger partial charge >= 0.3 is 5.97 Å². The van der Waals surface area contributed by atoms with Gasteiger partial charge in [-0.2, -0.15) is 24.4 Å². The van der Waals surface area contributed by atoms with E-state index in [1.54, 1.807) is 12.1 Å². The molecule has 0 saturated carbocycles. The number of amides is 3. The number of thiol groups is 1. The number of thioether (sulfide) groups is 1. The van der Waals surface area contributed by atoms with Crippen LogP contribution in [0.2, 0.25) is 0 Å². The minimum absolute atomic E-state index is 0.0417. The van der Waals surface area contributed by atoms with Gasteiger partial charge in [0.1, 0.15) is 17.8 Å². The van der Waals surface area contributed by atoms with E-state index in [-0.39, 0.29) is 24.3 Å². The predicted molar refractivity (Wildman–Crippen MR) is 121 cm³/mol. The summed E-state index contributed by atoms with van der Waals surface area (Å²) in [4.78, 5) is 48.2. The summed E-state index contributed by atoms with van der Waals surface area (Å²) in [5.74, 6) is -2.38. The van der Waals surface area contributed by atoms with Gasteiger partial charge in [0.25, 0.3) is 0 Å². The van der Waals surface area contributed by atoms with Crippen LogP contribution in [-0.4, -0.2) is 76.3 Å². The molecule has 10 nitrogen and oxygen atoms in total. The topological polar surface area (TPSA) is 171 Å². The molecule has 31 heavy (non-hydrogen) atoms. The van der Waals surface area contributed by atoms with Crippen molar-refractivity contribution in [1.29, 1.82) is 0 Å². The molecule has 0 aliphatic carbocycles. The van der Waals surface area contributed by atoms with Crippen LogP contribution in [0.3, 0.4) is 0 Å². The first-order valence-corrected chi connectivity index (χ1v) is 11.4. The normalized spacial score (nSPS) is 13.5. The van der Waals surface area contributed by atoms with Crippen molar-refractivity contribution < 1.29 is 29.4 Å². The molecule has 1 rings (SSSR count). The smallest absolute Gasteiger partial charge is 0.326 e. The van der Waals surface area contributed by atoms with Crippen LogP contribution in [0.25, 0.3) is 0 Å². The number of phenolic OH excluding ortho intramolecular Hbond substituents is 1. The molecule has 0 aliphatic heterocycles. The van der Waals surface area contributed by atoms with Gasteiger partial charge < -0.3 is 31.9 Å². The fourth-order valence-electron chi connectivity index (χ4n) is 2.47. The number of phenols is 1. The number of hydrogen-bond donors (Lipinski definition) is 7. The van der Waals surface area contributed by atoms with Crippen LogP contribution in [-0.2, 0) is 25.6 Å². The molecule has 0 bridgehead atoms. The zero-order chi connectivity index (χ0) is 23.4. The summed E-state index contributed by atoms with van der Waals surface area (Å²) in [6.07, 6.45) is 2.10. The van der Waals surface area contributed by atoms with E-state index in [4.69, 9.17) is 5.73 Å². The highest BCUT2D eigenvalue weighted by Crippen LogP contribution is 2.12. The number of hydrogen-bond acceptors (Lipinski definition) is 8. The largest absolute Gasteiger partial charge is 0.508 e. The Morgan fingerprint density at radius 3 is 2.29 bits per heavy atom. The Morgan fingerprint density at radius 1 is 1.10 bits per heavy atom. The molecule has 3 unspecified atom stereocenters. The molecule has 3 amide bonds. The third kappa shape index (κ3) is 9.94. The van der Waals surface area contributed by atoms with Gasteiger partial charge in [-0.1, -0.05) is 12.1 Å². The van der Waals surface area contributed by atoms with E-state index in [0.717, 1.165) is 0 Å². The first-order valence-electron chi connectivity index (χ1n) is 9.41.